The zero-order valence-corrected chi connectivity index (χ0v) is 20.0. The predicted molar refractivity (Wildman–Crippen MR) is 127 cm³/mol. The Kier molecular flexibility index (Phi) is 8.99. The lowest BCUT2D eigenvalue weighted by atomic mass is 10.1. The van der Waals surface area contributed by atoms with Crippen LogP contribution in [0.4, 0.5) is 16.2 Å². The molecule has 0 bridgehead atoms. The number of morpholine rings is 1. The van der Waals surface area contributed by atoms with Crippen molar-refractivity contribution in [2.75, 3.05) is 57.3 Å². The molecule has 2 aromatic carbocycles. The van der Waals surface area contributed by atoms with Crippen molar-refractivity contribution in [2.24, 2.45) is 0 Å². The van der Waals surface area contributed by atoms with Crippen molar-refractivity contribution in [3.05, 3.63) is 53.6 Å². The molecule has 34 heavy (non-hydrogen) atoms. The van der Waals surface area contributed by atoms with E-state index < -0.39 is 22.0 Å². The van der Waals surface area contributed by atoms with Crippen LogP contribution in [0.3, 0.4) is 0 Å². The molecule has 1 fully saturated rings. The van der Waals surface area contributed by atoms with Gasteiger partial charge in [0, 0.05) is 37.1 Å². The van der Waals surface area contributed by atoms with Crippen molar-refractivity contribution < 1.29 is 32.2 Å². The monoisotopic (exact) mass is 491 g/mol. The first-order valence-electron chi connectivity index (χ1n) is 10.9. The summed E-state index contributed by atoms with van der Waals surface area (Å²) in [5.74, 6) is -0.471. The number of carbonyl (C=O) groups excluding carboxylic acids is 2. The number of nitrogens with zero attached hydrogens (tertiary/aromatic N) is 1. The summed E-state index contributed by atoms with van der Waals surface area (Å²) in [5.41, 5.74) is 1.71. The van der Waals surface area contributed by atoms with Gasteiger partial charge in [0.1, 0.15) is 6.61 Å². The number of hydrogen-bond acceptors (Lipinski definition) is 7. The Balaban J connectivity index is 1.75. The zero-order valence-electron chi connectivity index (χ0n) is 19.2. The maximum absolute atomic E-state index is 13.2. The second kappa shape index (κ2) is 11.9. The van der Waals surface area contributed by atoms with Crippen LogP contribution in [0.5, 0.6) is 0 Å². The van der Waals surface area contributed by atoms with Gasteiger partial charge in [-0.15, -0.1) is 0 Å². The molecule has 184 valence electrons. The lowest BCUT2D eigenvalue weighted by Crippen LogP contribution is -2.41. The van der Waals surface area contributed by atoms with E-state index in [1.165, 1.54) is 17.5 Å². The Morgan fingerprint density at radius 1 is 1.03 bits per heavy atom. The number of nitrogens with one attached hydrogen (secondary N) is 2. The number of anilines is 2. The molecule has 1 heterocycles. The third-order valence-corrected chi connectivity index (χ3v) is 7.17. The van der Waals surface area contributed by atoms with Crippen LogP contribution in [0.25, 0.3) is 0 Å². The van der Waals surface area contributed by atoms with Crippen molar-refractivity contribution in [3.63, 3.8) is 0 Å². The van der Waals surface area contributed by atoms with E-state index in [-0.39, 0.29) is 36.8 Å². The summed E-state index contributed by atoms with van der Waals surface area (Å²) < 4.78 is 42.9. The van der Waals surface area contributed by atoms with E-state index in [0.717, 1.165) is 0 Å². The third kappa shape index (κ3) is 6.54. The lowest BCUT2D eigenvalue weighted by molar-refractivity contribution is 0.0730. The summed E-state index contributed by atoms with van der Waals surface area (Å²) in [6.07, 6.45) is -0.136. The van der Waals surface area contributed by atoms with E-state index >= 15 is 0 Å². The molecule has 0 unspecified atom stereocenters. The standard InChI is InChI=1S/C23H29N3O7S/c1-3-17-7-8-18(15-21(17)34(29,30)26-9-11-32-12-10-26)22(27)24-19-5-4-6-20(16-19)25-23(28)33-14-13-31-2/h4-8,15-16H,3,9-14H2,1-2H3,(H,24,27)(H,25,28). The zero-order chi connectivity index (χ0) is 24.6. The summed E-state index contributed by atoms with van der Waals surface area (Å²) in [7, 11) is -2.26. The van der Waals surface area contributed by atoms with Crippen LogP contribution in [0.2, 0.25) is 0 Å². The smallest absolute Gasteiger partial charge is 0.411 e. The maximum Gasteiger partial charge on any atom is 0.411 e. The second-order valence-corrected chi connectivity index (χ2v) is 9.39. The predicted octanol–water partition coefficient (Wildman–Crippen LogP) is 2.72. The minimum atomic E-state index is -3.76. The molecule has 0 atom stereocenters. The van der Waals surface area contributed by atoms with Crippen molar-refractivity contribution in [2.45, 2.75) is 18.2 Å². The molecule has 0 saturated carbocycles. The molecule has 0 radical (unpaired) electrons. The van der Waals surface area contributed by atoms with Crippen LogP contribution >= 0.6 is 0 Å². The largest absolute Gasteiger partial charge is 0.447 e. The van der Waals surface area contributed by atoms with E-state index in [2.05, 4.69) is 10.6 Å². The molecule has 1 aliphatic rings. The summed E-state index contributed by atoms with van der Waals surface area (Å²) in [4.78, 5) is 24.9. The van der Waals surface area contributed by atoms with Crippen LogP contribution < -0.4 is 10.6 Å². The molecular weight excluding hydrogens is 462 g/mol. The van der Waals surface area contributed by atoms with Crippen LogP contribution in [0.1, 0.15) is 22.8 Å². The molecule has 3 rings (SSSR count). The van der Waals surface area contributed by atoms with Crippen LogP contribution in [-0.4, -0.2) is 71.4 Å². The van der Waals surface area contributed by atoms with Gasteiger partial charge in [-0.25, -0.2) is 13.2 Å². The van der Waals surface area contributed by atoms with Gasteiger partial charge in [0.2, 0.25) is 10.0 Å². The average molecular weight is 492 g/mol. The second-order valence-electron chi connectivity index (χ2n) is 7.48. The van der Waals surface area contributed by atoms with Gasteiger partial charge in [0.15, 0.2) is 0 Å². The van der Waals surface area contributed by atoms with Gasteiger partial charge in [0.25, 0.3) is 5.91 Å². The SMILES string of the molecule is CCc1ccc(C(=O)Nc2cccc(NC(=O)OCCOC)c2)cc1S(=O)(=O)N1CCOCC1. The molecule has 2 aromatic rings. The molecule has 11 heteroatoms. The first kappa shape index (κ1) is 25.6. The van der Waals surface area contributed by atoms with Crippen molar-refractivity contribution in [3.8, 4) is 0 Å². The topological polar surface area (TPSA) is 123 Å². The van der Waals surface area contributed by atoms with Crippen molar-refractivity contribution in [1.29, 1.82) is 0 Å². The number of sulfonamides is 1. The first-order chi connectivity index (χ1) is 16.3. The normalized spacial score (nSPS) is 14.4. The molecule has 2 amide bonds. The number of methoxy groups -OCH3 is 1. The van der Waals surface area contributed by atoms with E-state index in [1.807, 2.05) is 6.92 Å². The highest BCUT2D eigenvalue weighted by atomic mass is 32.2. The Morgan fingerprint density at radius 2 is 1.74 bits per heavy atom. The molecule has 0 spiro atoms. The fourth-order valence-electron chi connectivity index (χ4n) is 3.40. The Morgan fingerprint density at radius 3 is 2.41 bits per heavy atom. The number of amides is 2. The fraction of sp³-hybridized carbons (Fsp3) is 0.391. The molecule has 1 saturated heterocycles. The lowest BCUT2D eigenvalue weighted by Gasteiger charge is -2.27. The average Bonchev–Trinajstić information content (AvgIpc) is 2.84. The van der Waals surface area contributed by atoms with E-state index in [1.54, 1.807) is 36.4 Å². The maximum atomic E-state index is 13.2. The van der Waals surface area contributed by atoms with Crippen LogP contribution in [-0.2, 0) is 30.7 Å². The first-order valence-corrected chi connectivity index (χ1v) is 12.3. The highest BCUT2D eigenvalue weighted by Gasteiger charge is 2.29. The number of aryl methyl sites for hydroxylation is 1. The van der Waals surface area contributed by atoms with E-state index in [9.17, 15) is 18.0 Å². The number of ether oxygens (including phenoxy) is 3. The number of carbonyl (C=O) groups is 2. The minimum absolute atomic E-state index is 0.113. The van der Waals surface area contributed by atoms with Gasteiger partial charge in [-0.2, -0.15) is 4.31 Å². The minimum Gasteiger partial charge on any atom is -0.447 e. The highest BCUT2D eigenvalue weighted by Crippen LogP contribution is 2.24. The van der Waals surface area contributed by atoms with E-state index in [0.29, 0.717) is 36.6 Å². The Hall–Kier alpha value is -2.99. The molecule has 0 aliphatic carbocycles. The summed E-state index contributed by atoms with van der Waals surface area (Å²) in [6, 6.07) is 11.2. The molecule has 1 aliphatic heterocycles. The van der Waals surface area contributed by atoms with Crippen LogP contribution in [0, 0.1) is 0 Å². The van der Waals surface area contributed by atoms with Crippen molar-refractivity contribution in [1.82, 2.24) is 4.31 Å². The van der Waals surface area contributed by atoms with Gasteiger partial charge < -0.3 is 19.5 Å². The van der Waals surface area contributed by atoms with Gasteiger partial charge >= 0.3 is 6.09 Å². The number of hydrogen-bond donors (Lipinski definition) is 2. The van der Waals surface area contributed by atoms with E-state index in [4.69, 9.17) is 14.2 Å². The fourth-order valence-corrected chi connectivity index (χ4v) is 5.13. The summed E-state index contributed by atoms with van der Waals surface area (Å²) in [5, 5.41) is 5.31. The summed E-state index contributed by atoms with van der Waals surface area (Å²) in [6.45, 7) is 3.49. The molecular formula is C23H29N3O7S. The van der Waals surface area contributed by atoms with Gasteiger partial charge in [-0.1, -0.05) is 19.1 Å². The molecule has 2 N–H and O–H groups in total. The molecule has 10 nitrogen and oxygen atoms in total. The summed E-state index contributed by atoms with van der Waals surface area (Å²) >= 11 is 0. The number of benzene rings is 2. The van der Waals surface area contributed by atoms with Gasteiger partial charge in [0.05, 0.1) is 24.7 Å². The number of rotatable bonds is 9. The molecule has 0 aromatic heterocycles. The van der Waals surface area contributed by atoms with Gasteiger partial charge in [-0.05, 0) is 42.3 Å². The van der Waals surface area contributed by atoms with Crippen LogP contribution in [0.15, 0.2) is 47.4 Å². The third-order valence-electron chi connectivity index (χ3n) is 5.19. The Labute approximate surface area is 199 Å². The van der Waals surface area contributed by atoms with Crippen molar-refractivity contribution >= 4 is 33.4 Å². The quantitative estimate of drug-likeness (QED) is 0.517. The highest BCUT2D eigenvalue weighted by molar-refractivity contribution is 7.89. The Bertz CT molecular complexity index is 1120. The van der Waals surface area contributed by atoms with Gasteiger partial charge in [-0.3, -0.25) is 10.1 Å².